The lowest BCUT2D eigenvalue weighted by atomic mass is 9.41. The second-order valence-electron chi connectivity index (χ2n) is 14.8. The van der Waals surface area contributed by atoms with Crippen molar-refractivity contribution in [1.82, 2.24) is 4.98 Å². The summed E-state index contributed by atoms with van der Waals surface area (Å²) in [5.41, 5.74) is 1.16. The lowest BCUT2D eigenvalue weighted by Gasteiger charge is -2.64. The summed E-state index contributed by atoms with van der Waals surface area (Å²) >= 11 is 6.31. The number of fused-ring (bicyclic) bond motifs is 5. The smallest absolute Gasteiger partial charge is 0.393 e. The van der Waals surface area contributed by atoms with Gasteiger partial charge in [-0.25, -0.2) is 4.57 Å². The first-order valence-corrected chi connectivity index (χ1v) is 18.4. The van der Waals surface area contributed by atoms with E-state index in [4.69, 9.17) is 25.2 Å². The maximum absolute atomic E-state index is 13.4. The monoisotopic (exact) mass is 623 g/mol. The zero-order valence-corrected chi connectivity index (χ0v) is 27.4. The Hall–Kier alpha value is -0.530. The van der Waals surface area contributed by atoms with Crippen molar-refractivity contribution in [3.05, 3.63) is 29.0 Å². The Morgan fingerprint density at radius 1 is 1.12 bits per heavy atom. The van der Waals surface area contributed by atoms with Crippen LogP contribution in [0.3, 0.4) is 0 Å². The molecule has 1 saturated heterocycles. The quantitative estimate of drug-likeness (QED) is 0.297. The lowest BCUT2D eigenvalue weighted by Crippen LogP contribution is -2.62. The van der Waals surface area contributed by atoms with Gasteiger partial charge in [0.05, 0.1) is 36.5 Å². The second kappa shape index (κ2) is 12.0. The van der Waals surface area contributed by atoms with Crippen molar-refractivity contribution in [2.45, 2.75) is 110 Å². The van der Waals surface area contributed by atoms with E-state index in [-0.39, 0.29) is 29.0 Å². The molecule has 2 heterocycles. The molecule has 5 unspecified atom stereocenters. The summed E-state index contributed by atoms with van der Waals surface area (Å²) in [6, 6.07) is 1.79. The second-order valence-corrected chi connectivity index (χ2v) is 16.8. The molecule has 5 fully saturated rings. The highest BCUT2D eigenvalue weighted by Gasteiger charge is 2.64. The molecule has 4 saturated carbocycles. The number of hydrogen-bond acceptors (Lipinski definition) is 7. The van der Waals surface area contributed by atoms with Crippen LogP contribution in [-0.2, 0) is 18.1 Å². The molecule has 0 radical (unpaired) electrons. The van der Waals surface area contributed by atoms with Crippen LogP contribution in [0.25, 0.3) is 0 Å². The molecule has 0 aromatic carbocycles. The van der Waals surface area contributed by atoms with Crippen molar-refractivity contribution in [3.8, 4) is 0 Å². The van der Waals surface area contributed by atoms with E-state index in [9.17, 15) is 14.8 Å². The number of hydrogen-bond donors (Lipinski definition) is 2. The molecule has 6 rings (SSSR count). The van der Waals surface area contributed by atoms with Gasteiger partial charge >= 0.3 is 7.82 Å². The average Bonchev–Trinajstić information content (AvgIpc) is 3.31. The fourth-order valence-electron chi connectivity index (χ4n) is 10.9. The molecule has 5 aliphatic rings. The van der Waals surface area contributed by atoms with Crippen LogP contribution in [0.2, 0.25) is 5.02 Å². The first-order valence-electron chi connectivity index (χ1n) is 16.5. The third-order valence-electron chi connectivity index (χ3n) is 13.0. The molecular weight excluding hydrogens is 573 g/mol. The molecule has 1 aromatic rings. The van der Waals surface area contributed by atoms with Gasteiger partial charge in [-0.05, 0) is 110 Å². The van der Waals surface area contributed by atoms with Crippen LogP contribution in [-0.4, -0.2) is 40.6 Å². The minimum Gasteiger partial charge on any atom is -0.393 e. The molecule has 4 aliphatic carbocycles. The van der Waals surface area contributed by atoms with Crippen molar-refractivity contribution in [2.75, 3.05) is 13.2 Å². The van der Waals surface area contributed by atoms with Crippen LogP contribution in [0.1, 0.15) is 104 Å². The van der Waals surface area contributed by atoms with Crippen LogP contribution in [0.5, 0.6) is 0 Å². The van der Waals surface area contributed by atoms with Crippen molar-refractivity contribution in [3.63, 3.8) is 0 Å². The van der Waals surface area contributed by atoms with Crippen LogP contribution in [0.15, 0.2) is 18.5 Å². The number of aliphatic hydroxyl groups is 2. The molecule has 1 aromatic heterocycles. The summed E-state index contributed by atoms with van der Waals surface area (Å²) < 4.78 is 30.6. The van der Waals surface area contributed by atoms with E-state index in [2.05, 4.69) is 32.7 Å². The van der Waals surface area contributed by atoms with E-state index in [1.165, 1.54) is 25.7 Å². The van der Waals surface area contributed by atoms with E-state index in [0.717, 1.165) is 37.7 Å². The van der Waals surface area contributed by atoms with Gasteiger partial charge < -0.3 is 10.2 Å². The van der Waals surface area contributed by atoms with Gasteiger partial charge in [-0.1, -0.05) is 45.7 Å². The maximum atomic E-state index is 13.4. The fraction of sp³-hybridized carbons (Fsp3) is 0.848. The average molecular weight is 624 g/mol. The summed E-state index contributed by atoms with van der Waals surface area (Å²) in [6.45, 7) is 10.2. The Morgan fingerprint density at radius 2 is 1.88 bits per heavy atom. The number of nitrogens with zero attached hydrogens (tertiary/aromatic N) is 1. The summed E-state index contributed by atoms with van der Waals surface area (Å²) in [5.74, 6) is 3.03. The summed E-state index contributed by atoms with van der Waals surface area (Å²) in [4.78, 5) is 4.03. The molecule has 0 spiro atoms. The van der Waals surface area contributed by atoms with E-state index < -0.39 is 13.9 Å². The number of aliphatic hydroxyl groups excluding tert-OH is 2. The van der Waals surface area contributed by atoms with Gasteiger partial charge in [0.15, 0.2) is 0 Å². The molecule has 42 heavy (non-hydrogen) atoms. The van der Waals surface area contributed by atoms with E-state index in [1.807, 2.05) is 0 Å². The van der Waals surface area contributed by atoms with Crippen molar-refractivity contribution in [1.29, 1.82) is 0 Å². The Balaban J connectivity index is 1.11. The molecular formula is C33H51ClNO6P. The van der Waals surface area contributed by atoms with Gasteiger partial charge in [-0.15, -0.1) is 0 Å². The van der Waals surface area contributed by atoms with Crippen molar-refractivity contribution in [2.24, 2.45) is 52.3 Å². The highest BCUT2D eigenvalue weighted by Crippen LogP contribution is 2.69. The van der Waals surface area contributed by atoms with Gasteiger partial charge in [0, 0.05) is 24.4 Å². The Morgan fingerprint density at radius 3 is 2.64 bits per heavy atom. The van der Waals surface area contributed by atoms with Crippen molar-refractivity contribution < 1.29 is 28.3 Å². The predicted octanol–water partition coefficient (Wildman–Crippen LogP) is 7.99. The molecule has 9 heteroatoms. The Kier molecular flexibility index (Phi) is 8.99. The Labute approximate surface area is 257 Å². The van der Waals surface area contributed by atoms with E-state index >= 15 is 0 Å². The lowest BCUT2D eigenvalue weighted by molar-refractivity contribution is -0.203. The van der Waals surface area contributed by atoms with Crippen LogP contribution in [0.4, 0.5) is 0 Å². The first-order chi connectivity index (χ1) is 20.0. The minimum absolute atomic E-state index is 0.183. The number of phosphoric acid groups is 1. The Bertz CT molecular complexity index is 1170. The molecule has 0 bridgehead atoms. The van der Waals surface area contributed by atoms with E-state index in [1.54, 1.807) is 18.5 Å². The molecule has 13 atom stereocenters. The SMILES string of the molecule is CC[C@@H]1C2C[C@H](O)CC[C@]2(C)C2CC[C@@]3(C)C(CCC3[C@H](C)CCO[P@@]3(=O)OCC[C@@H](c4ccncc4Cl)O3)C2[C@@H]1O. The standard InChI is InChI=1S/C33H51ClNO6P/c1-5-22-27-18-21(36)8-13-33(27,4)26-9-14-32(3)24(6-7-25(32)30(26)31(22)37)20(2)11-16-39-42(38)40-17-12-29(41-42)23-10-15-35-19-28(23)34/h10,15,19-22,24-27,29-31,36-37H,5-9,11-14,16-18H2,1-4H3/t20-,21-,22-,24?,25?,26?,27?,29+,30?,31-,32-,33-,42+/m1/s1. The first kappa shape index (κ1) is 31.5. The highest BCUT2D eigenvalue weighted by atomic mass is 35.5. The fourth-order valence-corrected chi connectivity index (χ4v) is 12.5. The van der Waals surface area contributed by atoms with Crippen LogP contribution >= 0.6 is 19.4 Å². The number of halogens is 1. The molecule has 1 aliphatic heterocycles. The third kappa shape index (κ3) is 5.35. The summed E-state index contributed by atoms with van der Waals surface area (Å²) in [5, 5.41) is 23.0. The molecule has 236 valence electrons. The summed E-state index contributed by atoms with van der Waals surface area (Å²) in [6.07, 6.45) is 12.2. The molecule has 2 N–H and O–H groups in total. The van der Waals surface area contributed by atoms with Crippen LogP contribution in [0, 0.1) is 52.3 Å². The number of pyridine rings is 1. The topological polar surface area (TPSA) is 98.1 Å². The summed E-state index contributed by atoms with van der Waals surface area (Å²) in [7, 11) is -3.68. The van der Waals surface area contributed by atoms with Gasteiger partial charge in [-0.3, -0.25) is 18.6 Å². The molecule has 7 nitrogen and oxygen atoms in total. The number of rotatable bonds is 7. The van der Waals surface area contributed by atoms with E-state index in [0.29, 0.717) is 60.2 Å². The van der Waals surface area contributed by atoms with Gasteiger partial charge in [0.2, 0.25) is 0 Å². The predicted molar refractivity (Wildman–Crippen MR) is 163 cm³/mol. The van der Waals surface area contributed by atoms with Gasteiger partial charge in [0.25, 0.3) is 0 Å². The van der Waals surface area contributed by atoms with Gasteiger partial charge in [-0.2, -0.15) is 0 Å². The van der Waals surface area contributed by atoms with Crippen LogP contribution < -0.4 is 0 Å². The zero-order chi connectivity index (χ0) is 29.9. The number of aromatic nitrogens is 1. The zero-order valence-electron chi connectivity index (χ0n) is 25.8. The minimum atomic E-state index is -3.68. The largest absolute Gasteiger partial charge is 0.475 e. The molecule has 0 amide bonds. The van der Waals surface area contributed by atoms with Crippen molar-refractivity contribution >= 4 is 19.4 Å². The highest BCUT2D eigenvalue weighted by molar-refractivity contribution is 7.48. The maximum Gasteiger partial charge on any atom is 0.475 e. The van der Waals surface area contributed by atoms with Gasteiger partial charge in [0.1, 0.15) is 0 Å². The third-order valence-corrected chi connectivity index (χ3v) is 14.8. The number of phosphoric ester groups is 1. The normalized spacial score (nSPS) is 47.7.